The second-order valence-corrected chi connectivity index (χ2v) is 3.27. The van der Waals surface area contributed by atoms with Gasteiger partial charge in [-0.25, -0.2) is 8.78 Å². The molecule has 1 fully saturated rings. The van der Waals surface area contributed by atoms with Gasteiger partial charge in [-0.2, -0.15) is 0 Å². The minimum atomic E-state index is -0.542. The highest BCUT2D eigenvalue weighted by Gasteiger charge is 2.20. The summed E-state index contributed by atoms with van der Waals surface area (Å²) in [5.41, 5.74) is 0.471. The number of hydrogen-bond donors (Lipinski definition) is 1. The van der Waals surface area contributed by atoms with Crippen LogP contribution in [0.4, 0.5) is 8.78 Å². The van der Waals surface area contributed by atoms with E-state index in [0.717, 1.165) is 18.9 Å². The molecule has 1 N–H and O–H groups in total. The van der Waals surface area contributed by atoms with Crippen molar-refractivity contribution in [2.75, 3.05) is 6.61 Å². The fourth-order valence-corrected chi connectivity index (χ4v) is 1.59. The van der Waals surface area contributed by atoms with Crippen LogP contribution in [0.25, 0.3) is 0 Å². The SMILES string of the molecule is Fc1ccc(C2CCCO2)c(F)c1.O=CO. The molecule has 0 aliphatic carbocycles. The quantitative estimate of drug-likeness (QED) is 0.754. The predicted octanol–water partition coefficient (Wildman–Crippen LogP) is 2.52. The molecular weight excluding hydrogens is 218 g/mol. The molecule has 1 aliphatic rings. The Hall–Kier alpha value is -1.49. The number of ether oxygens (including phenoxy) is 1. The van der Waals surface area contributed by atoms with Crippen molar-refractivity contribution in [3.8, 4) is 0 Å². The molecule has 1 unspecified atom stereocenters. The Bertz CT molecular complexity index is 349. The lowest BCUT2D eigenvalue weighted by Gasteiger charge is -2.10. The van der Waals surface area contributed by atoms with E-state index in [1.165, 1.54) is 12.1 Å². The minimum Gasteiger partial charge on any atom is -0.483 e. The number of hydrogen-bond acceptors (Lipinski definition) is 2. The molecule has 1 aromatic rings. The molecular formula is C11H12F2O3. The van der Waals surface area contributed by atoms with E-state index >= 15 is 0 Å². The summed E-state index contributed by atoms with van der Waals surface area (Å²) in [6, 6.07) is 3.62. The third kappa shape index (κ3) is 3.27. The second-order valence-electron chi connectivity index (χ2n) is 3.27. The zero-order valence-electron chi connectivity index (χ0n) is 8.53. The highest BCUT2D eigenvalue weighted by atomic mass is 19.1. The maximum absolute atomic E-state index is 13.2. The van der Waals surface area contributed by atoms with Crippen molar-refractivity contribution < 1.29 is 23.4 Å². The zero-order chi connectivity index (χ0) is 12.0. The Morgan fingerprint density at radius 1 is 1.44 bits per heavy atom. The lowest BCUT2D eigenvalue weighted by Crippen LogP contribution is -1.99. The third-order valence-electron chi connectivity index (χ3n) is 2.24. The Morgan fingerprint density at radius 3 is 2.62 bits per heavy atom. The molecule has 0 bridgehead atoms. The van der Waals surface area contributed by atoms with Crippen LogP contribution >= 0.6 is 0 Å². The van der Waals surface area contributed by atoms with E-state index in [1.807, 2.05) is 0 Å². The Balaban J connectivity index is 0.000000386. The fourth-order valence-electron chi connectivity index (χ4n) is 1.59. The van der Waals surface area contributed by atoms with Gasteiger partial charge in [0.2, 0.25) is 0 Å². The van der Waals surface area contributed by atoms with Crippen LogP contribution in [-0.2, 0) is 9.53 Å². The summed E-state index contributed by atoms with van der Waals surface area (Å²) in [5, 5.41) is 6.89. The number of benzene rings is 1. The summed E-state index contributed by atoms with van der Waals surface area (Å²) in [5.74, 6) is -1.05. The number of halogens is 2. The molecule has 16 heavy (non-hydrogen) atoms. The van der Waals surface area contributed by atoms with Crippen molar-refractivity contribution in [3.05, 3.63) is 35.4 Å². The van der Waals surface area contributed by atoms with Gasteiger partial charge in [0.15, 0.2) is 0 Å². The molecule has 1 aliphatic heterocycles. The monoisotopic (exact) mass is 230 g/mol. The average molecular weight is 230 g/mol. The van der Waals surface area contributed by atoms with Crippen LogP contribution in [-0.4, -0.2) is 18.2 Å². The molecule has 0 radical (unpaired) electrons. The molecule has 88 valence electrons. The summed E-state index contributed by atoms with van der Waals surface area (Å²) in [6.45, 7) is 0.418. The molecule has 1 atom stereocenters. The van der Waals surface area contributed by atoms with Gasteiger partial charge in [-0.05, 0) is 18.9 Å². The van der Waals surface area contributed by atoms with Gasteiger partial charge in [0.05, 0.1) is 6.10 Å². The second kappa shape index (κ2) is 6.17. The molecule has 2 rings (SSSR count). The molecule has 0 amide bonds. The van der Waals surface area contributed by atoms with Gasteiger partial charge in [-0.15, -0.1) is 0 Å². The summed E-state index contributed by atoms with van der Waals surface area (Å²) < 4.78 is 31.0. The summed E-state index contributed by atoms with van der Waals surface area (Å²) in [6.07, 6.45) is 1.59. The molecule has 1 saturated heterocycles. The van der Waals surface area contributed by atoms with E-state index in [9.17, 15) is 8.78 Å². The standard InChI is InChI=1S/C10H10F2O.CH2O2/c11-7-3-4-8(9(12)6-7)10-2-1-5-13-10;2-1-3/h3-4,6,10H,1-2,5H2;1H,(H,2,3). The Kier molecular flexibility index (Phi) is 4.85. The minimum absolute atomic E-state index is 0.180. The normalized spacial score (nSPS) is 18.8. The third-order valence-corrected chi connectivity index (χ3v) is 2.24. The molecule has 3 nitrogen and oxygen atoms in total. The zero-order valence-corrected chi connectivity index (χ0v) is 8.53. The van der Waals surface area contributed by atoms with E-state index in [4.69, 9.17) is 14.6 Å². The summed E-state index contributed by atoms with van der Waals surface area (Å²) in [7, 11) is 0. The highest BCUT2D eigenvalue weighted by molar-refractivity contribution is 5.32. The Morgan fingerprint density at radius 2 is 2.12 bits per heavy atom. The molecule has 5 heteroatoms. The lowest BCUT2D eigenvalue weighted by molar-refractivity contribution is -0.122. The van der Waals surface area contributed by atoms with Crippen molar-refractivity contribution in [1.29, 1.82) is 0 Å². The maximum atomic E-state index is 13.2. The molecule has 1 aromatic carbocycles. The smallest absolute Gasteiger partial charge is 0.290 e. The topological polar surface area (TPSA) is 46.5 Å². The number of carbonyl (C=O) groups is 1. The van der Waals surface area contributed by atoms with Crippen LogP contribution in [0.1, 0.15) is 24.5 Å². The predicted molar refractivity (Wildman–Crippen MR) is 53.0 cm³/mol. The van der Waals surface area contributed by atoms with Gasteiger partial charge in [-0.1, -0.05) is 6.07 Å². The summed E-state index contributed by atoms with van der Waals surface area (Å²) >= 11 is 0. The van der Waals surface area contributed by atoms with Crippen LogP contribution in [0.15, 0.2) is 18.2 Å². The average Bonchev–Trinajstić information content (AvgIpc) is 2.72. The van der Waals surface area contributed by atoms with Crippen molar-refractivity contribution in [2.45, 2.75) is 18.9 Å². The largest absolute Gasteiger partial charge is 0.483 e. The molecule has 0 spiro atoms. The molecule has 0 aromatic heterocycles. The van der Waals surface area contributed by atoms with Gasteiger partial charge in [0.25, 0.3) is 6.47 Å². The van der Waals surface area contributed by atoms with Gasteiger partial charge >= 0.3 is 0 Å². The van der Waals surface area contributed by atoms with Crippen molar-refractivity contribution in [3.63, 3.8) is 0 Å². The number of rotatable bonds is 1. The van der Waals surface area contributed by atoms with Crippen molar-refractivity contribution >= 4 is 6.47 Å². The van der Waals surface area contributed by atoms with Crippen molar-refractivity contribution in [1.82, 2.24) is 0 Å². The molecule has 0 saturated carbocycles. The van der Waals surface area contributed by atoms with Gasteiger partial charge in [-0.3, -0.25) is 4.79 Å². The van der Waals surface area contributed by atoms with Crippen LogP contribution < -0.4 is 0 Å². The molecule has 1 heterocycles. The van der Waals surface area contributed by atoms with E-state index in [2.05, 4.69) is 0 Å². The maximum Gasteiger partial charge on any atom is 0.290 e. The van der Waals surface area contributed by atoms with E-state index in [1.54, 1.807) is 0 Å². The first-order valence-electron chi connectivity index (χ1n) is 4.83. The van der Waals surface area contributed by atoms with E-state index in [-0.39, 0.29) is 12.6 Å². The van der Waals surface area contributed by atoms with E-state index < -0.39 is 11.6 Å². The van der Waals surface area contributed by atoms with Crippen LogP contribution in [0.2, 0.25) is 0 Å². The van der Waals surface area contributed by atoms with Gasteiger partial charge in [0.1, 0.15) is 11.6 Å². The number of carboxylic acid groups (broad SMARTS) is 1. The first-order chi connectivity index (χ1) is 7.69. The van der Waals surface area contributed by atoms with Gasteiger partial charge < -0.3 is 9.84 Å². The highest BCUT2D eigenvalue weighted by Crippen LogP contribution is 2.30. The van der Waals surface area contributed by atoms with Crippen LogP contribution in [0.3, 0.4) is 0 Å². The fraction of sp³-hybridized carbons (Fsp3) is 0.364. The summed E-state index contributed by atoms with van der Waals surface area (Å²) in [4.78, 5) is 8.36. The van der Waals surface area contributed by atoms with Crippen LogP contribution in [0, 0.1) is 11.6 Å². The van der Waals surface area contributed by atoms with Crippen molar-refractivity contribution in [2.24, 2.45) is 0 Å². The Labute approximate surface area is 91.7 Å². The lowest BCUT2D eigenvalue weighted by atomic mass is 10.1. The first-order valence-corrected chi connectivity index (χ1v) is 4.83. The van der Waals surface area contributed by atoms with Gasteiger partial charge in [0, 0.05) is 18.2 Å². The van der Waals surface area contributed by atoms with Crippen LogP contribution in [0.5, 0.6) is 0 Å². The first kappa shape index (κ1) is 12.6. The van der Waals surface area contributed by atoms with E-state index in [0.29, 0.717) is 12.2 Å².